The van der Waals surface area contributed by atoms with Gasteiger partial charge < -0.3 is 40.5 Å². The fourth-order valence-corrected chi connectivity index (χ4v) is 11.8. The monoisotopic (exact) mass is 523 g/mol. The van der Waals surface area contributed by atoms with E-state index in [0.29, 0.717) is 31.7 Å². The van der Waals surface area contributed by atoms with E-state index >= 15 is 0 Å². The first-order chi connectivity index (χ1) is 17.2. The number of nitrogens with zero attached hydrogens (tertiary/aromatic N) is 1. The molecule has 3 aliphatic heterocycles. The number of aliphatic hydroxyl groups excluding tert-OH is 4. The van der Waals surface area contributed by atoms with Gasteiger partial charge in [0.1, 0.15) is 17.8 Å². The summed E-state index contributed by atoms with van der Waals surface area (Å²) in [5.74, 6) is -3.85. The summed E-state index contributed by atoms with van der Waals surface area (Å²) in [5, 5.41) is 81.6. The Balaban J connectivity index is 1.36. The van der Waals surface area contributed by atoms with Gasteiger partial charge in [0.15, 0.2) is 5.79 Å². The lowest BCUT2D eigenvalue weighted by Crippen LogP contribution is -2.78. The van der Waals surface area contributed by atoms with Crippen LogP contribution in [-0.4, -0.2) is 108 Å². The molecule has 7 N–H and O–H groups in total. The molecule has 0 aromatic rings. The normalized spacial score (nSPS) is 66.8. The van der Waals surface area contributed by atoms with Crippen LogP contribution in [0.15, 0.2) is 0 Å². The molecule has 7 aliphatic rings. The maximum Gasteiger partial charge on any atom is 0.195 e. The first kappa shape index (κ1) is 25.6. The van der Waals surface area contributed by atoms with Crippen LogP contribution in [0.25, 0.3) is 0 Å². The van der Waals surface area contributed by atoms with Crippen molar-refractivity contribution < 1.29 is 40.5 Å². The van der Waals surface area contributed by atoms with Gasteiger partial charge in [-0.2, -0.15) is 0 Å². The van der Waals surface area contributed by atoms with Gasteiger partial charge in [-0.25, -0.2) is 0 Å². The van der Waals surface area contributed by atoms with Gasteiger partial charge in [0, 0.05) is 42.3 Å². The van der Waals surface area contributed by atoms with Crippen molar-refractivity contribution in [1.29, 1.82) is 0 Å². The highest BCUT2D eigenvalue weighted by molar-refractivity contribution is 5.30. The Bertz CT molecular complexity index is 980. The number of hydrogen-bond donors (Lipinski definition) is 7. The highest BCUT2D eigenvalue weighted by atomic mass is 16.6. The van der Waals surface area contributed by atoms with E-state index in [9.17, 15) is 35.7 Å². The van der Waals surface area contributed by atoms with E-state index in [1.54, 1.807) is 6.92 Å². The Morgan fingerprint density at radius 3 is 2.41 bits per heavy atom. The summed E-state index contributed by atoms with van der Waals surface area (Å²) < 4.78 is 6.10. The van der Waals surface area contributed by atoms with Crippen LogP contribution < -0.4 is 0 Å². The van der Waals surface area contributed by atoms with Crippen molar-refractivity contribution in [2.24, 2.45) is 46.3 Å². The molecular weight excluding hydrogens is 478 g/mol. The molecule has 7 fully saturated rings. The lowest BCUT2D eigenvalue weighted by Gasteiger charge is -2.70. The lowest BCUT2D eigenvalue weighted by atomic mass is 9.41. The van der Waals surface area contributed by atoms with Crippen LogP contribution in [0.4, 0.5) is 0 Å². The quantitative estimate of drug-likeness (QED) is 0.221. The second kappa shape index (κ2) is 7.47. The molecule has 3 saturated heterocycles. The minimum atomic E-state index is -1.76. The van der Waals surface area contributed by atoms with Crippen LogP contribution in [0.1, 0.15) is 59.3 Å². The molecule has 1 spiro atoms. The number of rotatable bonds is 0. The van der Waals surface area contributed by atoms with E-state index in [1.807, 2.05) is 0 Å². The molecule has 9 heteroatoms. The van der Waals surface area contributed by atoms with Crippen molar-refractivity contribution in [3.05, 3.63) is 0 Å². The molecule has 0 amide bonds. The van der Waals surface area contributed by atoms with E-state index in [4.69, 9.17) is 4.74 Å². The molecule has 16 atom stereocenters. The summed E-state index contributed by atoms with van der Waals surface area (Å²) >= 11 is 0. The molecule has 37 heavy (non-hydrogen) atoms. The molecule has 7 rings (SSSR count). The van der Waals surface area contributed by atoms with Crippen LogP contribution >= 0.6 is 0 Å². The predicted octanol–water partition coefficient (Wildman–Crippen LogP) is -0.566. The Labute approximate surface area is 218 Å². The lowest BCUT2D eigenvalue weighted by molar-refractivity contribution is -0.408. The van der Waals surface area contributed by atoms with Crippen LogP contribution in [0.3, 0.4) is 0 Å². The minimum Gasteiger partial charge on any atom is -0.393 e. The van der Waals surface area contributed by atoms with Crippen molar-refractivity contribution in [2.45, 2.75) is 107 Å². The molecule has 3 heterocycles. The van der Waals surface area contributed by atoms with Crippen LogP contribution in [0.2, 0.25) is 0 Å². The van der Waals surface area contributed by atoms with Gasteiger partial charge in [0.2, 0.25) is 0 Å². The number of ether oxygens (including phenoxy) is 1. The maximum absolute atomic E-state index is 12.6. The van der Waals surface area contributed by atoms with Gasteiger partial charge in [-0.1, -0.05) is 13.8 Å². The summed E-state index contributed by atoms with van der Waals surface area (Å²) in [5.41, 5.74) is -4.27. The summed E-state index contributed by atoms with van der Waals surface area (Å²) in [7, 11) is 0. The Morgan fingerprint density at radius 2 is 1.68 bits per heavy atom. The van der Waals surface area contributed by atoms with Gasteiger partial charge in [0.25, 0.3) is 0 Å². The first-order valence-electron chi connectivity index (χ1n) is 14.5. The fourth-order valence-electron chi connectivity index (χ4n) is 11.8. The van der Waals surface area contributed by atoms with Gasteiger partial charge in [-0.3, -0.25) is 4.90 Å². The fraction of sp³-hybridized carbons (Fsp3) is 1.00. The van der Waals surface area contributed by atoms with Gasteiger partial charge >= 0.3 is 0 Å². The van der Waals surface area contributed by atoms with Crippen molar-refractivity contribution in [3.8, 4) is 0 Å². The molecule has 4 saturated carbocycles. The first-order valence-corrected chi connectivity index (χ1v) is 14.5. The summed E-state index contributed by atoms with van der Waals surface area (Å²) in [6, 6.07) is -0.111. The highest BCUT2D eigenvalue weighted by Gasteiger charge is 2.82. The van der Waals surface area contributed by atoms with Crippen LogP contribution in [-0.2, 0) is 4.74 Å². The zero-order chi connectivity index (χ0) is 26.5. The van der Waals surface area contributed by atoms with E-state index in [2.05, 4.69) is 18.7 Å². The molecular formula is C28H45NO8. The van der Waals surface area contributed by atoms with E-state index in [-0.39, 0.29) is 25.0 Å². The molecule has 0 radical (unpaired) electrons. The third-order valence-electron chi connectivity index (χ3n) is 13.4. The molecule has 0 unspecified atom stereocenters. The number of aliphatic hydroxyl groups is 7. The zero-order valence-electron chi connectivity index (χ0n) is 22.2. The van der Waals surface area contributed by atoms with Crippen molar-refractivity contribution in [3.63, 3.8) is 0 Å². The standard InChI is InChI=1S/C28H45NO8/c1-13-4-5-18-25(3,34)20-14(11-29(18)10-13)15-9-26-12-37-28(36)17(24(26,2)7-6-19(28)31)8-16(30)22(26)27(15,35)23(33)21(20)32/h13-23,30-36H,4-12H2,1-3H3/t13-,14+,15-,16+,17-,18+,19-,20-,21+,22+,23+,24+,25-,26+,27+,28-/m1/s1. The second-order valence-electron chi connectivity index (χ2n) is 14.7. The smallest absolute Gasteiger partial charge is 0.195 e. The third-order valence-corrected chi connectivity index (χ3v) is 13.4. The number of hydrogen-bond acceptors (Lipinski definition) is 9. The molecule has 0 aromatic heterocycles. The van der Waals surface area contributed by atoms with E-state index < -0.39 is 75.9 Å². The zero-order valence-corrected chi connectivity index (χ0v) is 22.2. The van der Waals surface area contributed by atoms with Crippen LogP contribution in [0.5, 0.6) is 0 Å². The average molecular weight is 524 g/mol. The molecule has 0 aromatic carbocycles. The predicted molar refractivity (Wildman–Crippen MR) is 131 cm³/mol. The Hall–Kier alpha value is -0.360. The second-order valence-corrected chi connectivity index (χ2v) is 14.7. The summed E-state index contributed by atoms with van der Waals surface area (Å²) in [6.45, 7) is 7.63. The topological polar surface area (TPSA) is 154 Å². The third kappa shape index (κ3) is 2.73. The molecule has 4 bridgehead atoms. The number of piperidine rings is 2. The maximum atomic E-state index is 12.6. The van der Waals surface area contributed by atoms with Crippen molar-refractivity contribution >= 4 is 0 Å². The summed E-state index contributed by atoms with van der Waals surface area (Å²) in [4.78, 5) is 2.33. The van der Waals surface area contributed by atoms with Crippen molar-refractivity contribution in [2.75, 3.05) is 19.7 Å². The Morgan fingerprint density at radius 1 is 0.946 bits per heavy atom. The average Bonchev–Trinajstić information content (AvgIpc) is 3.11. The van der Waals surface area contributed by atoms with Crippen molar-refractivity contribution in [1.82, 2.24) is 4.90 Å². The molecule has 210 valence electrons. The van der Waals surface area contributed by atoms with E-state index in [1.165, 1.54) is 0 Å². The van der Waals surface area contributed by atoms with E-state index in [0.717, 1.165) is 19.4 Å². The Kier molecular flexibility index (Phi) is 5.17. The van der Waals surface area contributed by atoms with Gasteiger partial charge in [0.05, 0.1) is 24.4 Å². The minimum absolute atomic E-state index is 0.0636. The van der Waals surface area contributed by atoms with Gasteiger partial charge in [-0.15, -0.1) is 0 Å². The number of fused-ring (bicyclic) bond motifs is 5. The highest BCUT2D eigenvalue weighted by Crippen LogP contribution is 2.77. The largest absolute Gasteiger partial charge is 0.393 e. The summed E-state index contributed by atoms with van der Waals surface area (Å²) in [6.07, 6.45) is -1.49. The SMILES string of the molecule is C[C@@H]1CC[C@@H]2N(C1)C[C@@H]1[C@H]([C@H](O)[C@H](O)[C@]3(O)[C@@H]1C[C@@]14CO[C@@]5(O)[C@H](O)CC[C@@]1(C)[C@H]5C[C@H](O)[C@H]34)[C@]2(C)O. The molecule has 9 nitrogen and oxygen atoms in total. The van der Waals surface area contributed by atoms with Crippen LogP contribution in [0, 0.1) is 46.3 Å². The van der Waals surface area contributed by atoms with Gasteiger partial charge in [-0.05, 0) is 68.6 Å². The molecule has 4 aliphatic carbocycles.